The van der Waals surface area contributed by atoms with Crippen molar-refractivity contribution in [1.82, 2.24) is 4.90 Å². The molecule has 0 heterocycles. The van der Waals surface area contributed by atoms with Crippen molar-refractivity contribution in [2.45, 2.75) is 60.5 Å². The molecule has 0 aliphatic carbocycles. The lowest BCUT2D eigenvalue weighted by molar-refractivity contribution is -0.138. The van der Waals surface area contributed by atoms with Crippen LogP contribution in [-0.2, 0) is 16.1 Å². The highest BCUT2D eigenvalue weighted by molar-refractivity contribution is 5.91. The highest BCUT2D eigenvalue weighted by Gasteiger charge is 2.26. The van der Waals surface area contributed by atoms with E-state index in [9.17, 15) is 9.59 Å². The monoisotopic (exact) mass is 361 g/mol. The fraction of sp³-hybridized carbons (Fsp3) is 0.619. The SMILES string of the molecule is CCC(=O)Nc1ccc(N(C)C)c(CN(C(=O)C(C)C)C(C)C(C)C)c1. The molecule has 0 fully saturated rings. The van der Waals surface area contributed by atoms with Crippen molar-refractivity contribution in [3.63, 3.8) is 0 Å². The van der Waals surface area contributed by atoms with Crippen LogP contribution in [0.4, 0.5) is 11.4 Å². The zero-order valence-electron chi connectivity index (χ0n) is 17.6. The highest BCUT2D eigenvalue weighted by Crippen LogP contribution is 2.27. The largest absolute Gasteiger partial charge is 0.377 e. The molecule has 0 spiro atoms. The Bertz CT molecular complexity index is 624. The van der Waals surface area contributed by atoms with Crippen LogP contribution < -0.4 is 10.2 Å². The summed E-state index contributed by atoms with van der Waals surface area (Å²) in [5.41, 5.74) is 2.86. The number of amides is 2. The third kappa shape index (κ3) is 5.75. The molecular formula is C21H35N3O2. The van der Waals surface area contributed by atoms with Crippen molar-refractivity contribution in [2.75, 3.05) is 24.3 Å². The second-order valence-electron chi connectivity index (χ2n) is 7.75. The zero-order chi connectivity index (χ0) is 20.0. The van der Waals surface area contributed by atoms with E-state index in [0.29, 0.717) is 18.9 Å². The number of nitrogens with zero attached hydrogens (tertiary/aromatic N) is 2. The summed E-state index contributed by atoms with van der Waals surface area (Å²) in [4.78, 5) is 28.6. The Labute approximate surface area is 158 Å². The molecule has 0 aliphatic heterocycles. The number of hydrogen-bond acceptors (Lipinski definition) is 3. The molecule has 0 aromatic heterocycles. The normalized spacial score (nSPS) is 12.2. The van der Waals surface area contributed by atoms with Gasteiger partial charge in [-0.2, -0.15) is 0 Å². The average Bonchev–Trinajstić information content (AvgIpc) is 2.57. The lowest BCUT2D eigenvalue weighted by atomic mass is 10.0. The molecule has 0 saturated heterocycles. The summed E-state index contributed by atoms with van der Waals surface area (Å²) < 4.78 is 0. The van der Waals surface area contributed by atoms with Crippen molar-refractivity contribution in [2.24, 2.45) is 11.8 Å². The molecule has 1 aromatic carbocycles. The van der Waals surface area contributed by atoms with Gasteiger partial charge < -0.3 is 15.1 Å². The maximum absolute atomic E-state index is 12.8. The Morgan fingerprint density at radius 3 is 2.15 bits per heavy atom. The third-order valence-electron chi connectivity index (χ3n) is 4.74. The van der Waals surface area contributed by atoms with Crippen LogP contribution in [0.3, 0.4) is 0 Å². The van der Waals surface area contributed by atoms with Crippen LogP contribution >= 0.6 is 0 Å². The minimum absolute atomic E-state index is 0.0146. The summed E-state index contributed by atoms with van der Waals surface area (Å²) in [7, 11) is 3.98. The standard InChI is InChI=1S/C21H35N3O2/c1-9-20(25)22-18-10-11-19(23(7)8)17(12-18)13-24(16(6)14(2)3)21(26)15(4)5/h10-12,14-16H,9,13H2,1-8H3,(H,22,25). The number of nitrogens with one attached hydrogen (secondary N) is 1. The Hall–Kier alpha value is -2.04. The van der Waals surface area contributed by atoms with E-state index in [1.807, 2.05) is 62.9 Å². The maximum atomic E-state index is 12.8. The van der Waals surface area contributed by atoms with Gasteiger partial charge in [-0.3, -0.25) is 9.59 Å². The number of hydrogen-bond donors (Lipinski definition) is 1. The molecule has 1 atom stereocenters. The van der Waals surface area contributed by atoms with E-state index in [2.05, 4.69) is 26.1 Å². The second-order valence-corrected chi connectivity index (χ2v) is 7.75. The van der Waals surface area contributed by atoms with Gasteiger partial charge in [0.25, 0.3) is 0 Å². The Morgan fingerprint density at radius 1 is 1.08 bits per heavy atom. The van der Waals surface area contributed by atoms with Gasteiger partial charge in [0.1, 0.15) is 0 Å². The van der Waals surface area contributed by atoms with Gasteiger partial charge in [-0.15, -0.1) is 0 Å². The quantitative estimate of drug-likeness (QED) is 0.757. The first-order valence-electron chi connectivity index (χ1n) is 9.49. The molecule has 1 rings (SSSR count). The van der Waals surface area contributed by atoms with E-state index in [4.69, 9.17) is 0 Å². The van der Waals surface area contributed by atoms with Gasteiger partial charge in [-0.25, -0.2) is 0 Å². The minimum atomic E-state index is -0.0537. The van der Waals surface area contributed by atoms with Crippen LogP contribution in [0.15, 0.2) is 18.2 Å². The van der Waals surface area contributed by atoms with Gasteiger partial charge in [0.2, 0.25) is 11.8 Å². The number of carbonyl (C=O) groups excluding carboxylic acids is 2. The predicted octanol–water partition coefficient (Wildman–Crippen LogP) is 4.13. The molecule has 1 unspecified atom stereocenters. The second kappa shape index (κ2) is 9.60. The van der Waals surface area contributed by atoms with Gasteiger partial charge in [0.05, 0.1) is 0 Å². The summed E-state index contributed by atoms with van der Waals surface area (Å²) >= 11 is 0. The lowest BCUT2D eigenvalue weighted by Gasteiger charge is -2.34. The summed E-state index contributed by atoms with van der Waals surface area (Å²) in [6, 6.07) is 6.02. The van der Waals surface area contributed by atoms with Crippen molar-refractivity contribution in [3.8, 4) is 0 Å². The third-order valence-corrected chi connectivity index (χ3v) is 4.74. The van der Waals surface area contributed by atoms with Crippen LogP contribution in [0.2, 0.25) is 0 Å². The minimum Gasteiger partial charge on any atom is -0.377 e. The summed E-state index contributed by atoms with van der Waals surface area (Å²) in [6.07, 6.45) is 0.438. The average molecular weight is 362 g/mol. The van der Waals surface area contributed by atoms with Gasteiger partial charge in [-0.05, 0) is 36.6 Å². The molecule has 1 aromatic rings. The highest BCUT2D eigenvalue weighted by atomic mass is 16.2. The fourth-order valence-electron chi connectivity index (χ4n) is 2.77. The maximum Gasteiger partial charge on any atom is 0.225 e. The van der Waals surface area contributed by atoms with Crippen molar-refractivity contribution >= 4 is 23.2 Å². The lowest BCUT2D eigenvalue weighted by Crippen LogP contribution is -2.43. The number of rotatable bonds is 8. The van der Waals surface area contributed by atoms with E-state index in [1.165, 1.54) is 0 Å². The molecular weight excluding hydrogens is 326 g/mol. The van der Waals surface area contributed by atoms with E-state index in [-0.39, 0.29) is 23.8 Å². The van der Waals surface area contributed by atoms with E-state index in [1.54, 1.807) is 0 Å². The molecule has 26 heavy (non-hydrogen) atoms. The van der Waals surface area contributed by atoms with E-state index >= 15 is 0 Å². The summed E-state index contributed by atoms with van der Waals surface area (Å²) in [6.45, 7) is 12.6. The van der Waals surface area contributed by atoms with Crippen LogP contribution in [0.25, 0.3) is 0 Å². The van der Waals surface area contributed by atoms with Crippen molar-refractivity contribution in [1.29, 1.82) is 0 Å². The Morgan fingerprint density at radius 2 is 1.69 bits per heavy atom. The summed E-state index contributed by atoms with van der Waals surface area (Å²) in [5.74, 6) is 0.448. The van der Waals surface area contributed by atoms with Gasteiger partial charge in [0.15, 0.2) is 0 Å². The molecule has 2 amide bonds. The first-order chi connectivity index (χ1) is 12.1. The van der Waals surface area contributed by atoms with Crippen molar-refractivity contribution in [3.05, 3.63) is 23.8 Å². The van der Waals surface area contributed by atoms with Crippen LogP contribution in [0.1, 0.15) is 53.5 Å². The topological polar surface area (TPSA) is 52.7 Å². The molecule has 146 valence electrons. The molecule has 0 aliphatic rings. The Balaban J connectivity index is 3.27. The van der Waals surface area contributed by atoms with Gasteiger partial charge in [-0.1, -0.05) is 34.6 Å². The smallest absolute Gasteiger partial charge is 0.225 e. The molecule has 5 nitrogen and oxygen atoms in total. The molecule has 0 saturated carbocycles. The molecule has 5 heteroatoms. The molecule has 0 radical (unpaired) electrons. The Kier molecular flexibility index (Phi) is 8.12. The van der Waals surface area contributed by atoms with Crippen LogP contribution in [-0.4, -0.2) is 36.9 Å². The van der Waals surface area contributed by atoms with E-state index < -0.39 is 0 Å². The van der Waals surface area contributed by atoms with Gasteiger partial charge >= 0.3 is 0 Å². The fourth-order valence-corrected chi connectivity index (χ4v) is 2.77. The van der Waals surface area contributed by atoms with Crippen molar-refractivity contribution < 1.29 is 9.59 Å². The first-order valence-corrected chi connectivity index (χ1v) is 9.49. The number of carbonyl (C=O) groups is 2. The van der Waals surface area contributed by atoms with Gasteiger partial charge in [0, 0.05) is 50.4 Å². The molecule has 1 N–H and O–H groups in total. The van der Waals surface area contributed by atoms with Crippen LogP contribution in [0.5, 0.6) is 0 Å². The summed E-state index contributed by atoms with van der Waals surface area (Å²) in [5, 5.41) is 2.91. The first kappa shape index (κ1) is 22.0. The van der Waals surface area contributed by atoms with Crippen LogP contribution in [0, 0.1) is 11.8 Å². The van der Waals surface area contributed by atoms with E-state index in [0.717, 1.165) is 16.9 Å². The molecule has 0 bridgehead atoms. The zero-order valence-corrected chi connectivity index (χ0v) is 17.6. The predicted molar refractivity (Wildman–Crippen MR) is 109 cm³/mol. The number of benzene rings is 1. The number of anilines is 2.